The predicted octanol–water partition coefficient (Wildman–Crippen LogP) is 0.625. The van der Waals surface area contributed by atoms with Crippen molar-refractivity contribution in [1.82, 2.24) is 20.3 Å². The summed E-state index contributed by atoms with van der Waals surface area (Å²) in [6.45, 7) is 2.16. The van der Waals surface area contributed by atoms with Crippen LogP contribution < -0.4 is 11.1 Å². The van der Waals surface area contributed by atoms with Crippen LogP contribution in [0.15, 0.2) is 24.8 Å². The molecule has 6 heteroatoms. The van der Waals surface area contributed by atoms with Crippen molar-refractivity contribution >= 4 is 11.6 Å². The maximum Gasteiger partial charge on any atom is 0.253 e. The van der Waals surface area contributed by atoms with E-state index in [2.05, 4.69) is 20.3 Å². The van der Waals surface area contributed by atoms with E-state index in [0.717, 1.165) is 5.69 Å². The molecule has 2 aromatic heterocycles. The highest BCUT2D eigenvalue weighted by atomic mass is 16.1. The minimum absolute atomic E-state index is 0.197. The minimum atomic E-state index is -0.197. The predicted molar refractivity (Wildman–Crippen MR) is 63.1 cm³/mol. The van der Waals surface area contributed by atoms with Crippen molar-refractivity contribution in [2.24, 2.45) is 0 Å². The third kappa shape index (κ3) is 2.60. The lowest BCUT2D eigenvalue weighted by molar-refractivity contribution is 0.0949. The number of carbonyl (C=O) groups excluding carboxylic acids is 1. The van der Waals surface area contributed by atoms with E-state index in [0.29, 0.717) is 23.5 Å². The Morgan fingerprint density at radius 3 is 3.06 bits per heavy atom. The van der Waals surface area contributed by atoms with Gasteiger partial charge in [0.05, 0.1) is 41.7 Å². The van der Waals surface area contributed by atoms with Gasteiger partial charge in [-0.1, -0.05) is 0 Å². The van der Waals surface area contributed by atoms with Crippen LogP contribution >= 0.6 is 0 Å². The molecular formula is C11H13N5O. The number of aryl methyl sites for hydroxylation is 1. The molecule has 2 heterocycles. The lowest BCUT2D eigenvalue weighted by Gasteiger charge is -2.06. The number of anilines is 1. The third-order valence-electron chi connectivity index (χ3n) is 2.35. The number of rotatable bonds is 3. The normalized spacial score (nSPS) is 10.2. The fourth-order valence-electron chi connectivity index (χ4n) is 1.43. The fourth-order valence-corrected chi connectivity index (χ4v) is 1.43. The standard InChI is InChI=1S/C11H13N5O/c1-7-10(2-8(12)3-14-7)11(17)15-5-9-4-13-6-16-9/h2-4,6H,5,12H2,1H3,(H,13,16)(H,15,17). The Morgan fingerprint density at radius 1 is 1.53 bits per heavy atom. The van der Waals surface area contributed by atoms with Gasteiger partial charge in [0.25, 0.3) is 5.91 Å². The molecule has 2 aromatic rings. The first-order valence-electron chi connectivity index (χ1n) is 5.14. The van der Waals surface area contributed by atoms with E-state index in [4.69, 9.17) is 5.73 Å². The average molecular weight is 231 g/mol. The highest BCUT2D eigenvalue weighted by Crippen LogP contribution is 2.09. The maximum atomic E-state index is 11.9. The zero-order chi connectivity index (χ0) is 12.3. The topological polar surface area (TPSA) is 96.7 Å². The number of H-pyrrole nitrogens is 1. The van der Waals surface area contributed by atoms with E-state index in [9.17, 15) is 4.79 Å². The molecule has 2 rings (SSSR count). The smallest absolute Gasteiger partial charge is 0.253 e. The van der Waals surface area contributed by atoms with Gasteiger partial charge in [0, 0.05) is 6.20 Å². The second-order valence-electron chi connectivity index (χ2n) is 3.66. The van der Waals surface area contributed by atoms with Crippen LogP contribution in [0, 0.1) is 6.92 Å². The molecule has 1 amide bonds. The number of hydrogen-bond acceptors (Lipinski definition) is 4. The number of imidazole rings is 1. The molecule has 0 saturated heterocycles. The summed E-state index contributed by atoms with van der Waals surface area (Å²) in [5.74, 6) is -0.197. The molecule has 4 N–H and O–H groups in total. The first-order chi connectivity index (χ1) is 8.16. The molecule has 0 bridgehead atoms. The van der Waals surface area contributed by atoms with Crippen molar-refractivity contribution < 1.29 is 4.79 Å². The molecule has 0 aliphatic rings. The quantitative estimate of drug-likeness (QED) is 0.721. The molecule has 0 aliphatic heterocycles. The number of aromatic nitrogens is 3. The van der Waals surface area contributed by atoms with Gasteiger partial charge in [-0.05, 0) is 13.0 Å². The first kappa shape index (κ1) is 11.1. The van der Waals surface area contributed by atoms with Crippen molar-refractivity contribution in [3.63, 3.8) is 0 Å². The number of nitrogens with zero attached hydrogens (tertiary/aromatic N) is 2. The maximum absolute atomic E-state index is 11.9. The number of nitrogens with one attached hydrogen (secondary N) is 2. The van der Waals surface area contributed by atoms with Crippen LogP contribution in [0.3, 0.4) is 0 Å². The highest BCUT2D eigenvalue weighted by Gasteiger charge is 2.10. The van der Waals surface area contributed by atoms with Crippen molar-refractivity contribution in [2.45, 2.75) is 13.5 Å². The van der Waals surface area contributed by atoms with Crippen molar-refractivity contribution in [3.05, 3.63) is 41.7 Å². The largest absolute Gasteiger partial charge is 0.397 e. The van der Waals surface area contributed by atoms with E-state index in [-0.39, 0.29) is 5.91 Å². The van der Waals surface area contributed by atoms with Gasteiger partial charge in [-0.15, -0.1) is 0 Å². The van der Waals surface area contributed by atoms with Crippen molar-refractivity contribution in [2.75, 3.05) is 5.73 Å². The van der Waals surface area contributed by atoms with Crippen LogP contribution in [-0.4, -0.2) is 20.9 Å². The third-order valence-corrected chi connectivity index (χ3v) is 2.35. The Labute approximate surface area is 98.3 Å². The molecule has 0 radical (unpaired) electrons. The Bertz CT molecular complexity index is 521. The van der Waals surface area contributed by atoms with E-state index in [1.54, 1.807) is 25.5 Å². The molecule has 88 valence electrons. The highest BCUT2D eigenvalue weighted by molar-refractivity contribution is 5.95. The summed E-state index contributed by atoms with van der Waals surface area (Å²) in [6, 6.07) is 1.62. The average Bonchev–Trinajstić information content (AvgIpc) is 2.82. The fraction of sp³-hybridized carbons (Fsp3) is 0.182. The van der Waals surface area contributed by atoms with Crippen LogP contribution in [-0.2, 0) is 6.54 Å². The van der Waals surface area contributed by atoms with Gasteiger partial charge in [-0.3, -0.25) is 9.78 Å². The summed E-state index contributed by atoms with van der Waals surface area (Å²) in [7, 11) is 0. The number of pyridine rings is 1. The summed E-state index contributed by atoms with van der Waals surface area (Å²) in [4.78, 5) is 22.7. The Morgan fingerprint density at radius 2 is 2.35 bits per heavy atom. The van der Waals surface area contributed by atoms with Crippen LogP contribution in [0.1, 0.15) is 21.7 Å². The summed E-state index contributed by atoms with van der Waals surface area (Å²) in [5.41, 5.74) is 8.06. The molecule has 6 nitrogen and oxygen atoms in total. The van der Waals surface area contributed by atoms with Gasteiger partial charge in [-0.25, -0.2) is 4.98 Å². The summed E-state index contributed by atoms with van der Waals surface area (Å²) >= 11 is 0. The lowest BCUT2D eigenvalue weighted by Crippen LogP contribution is -2.24. The van der Waals surface area contributed by atoms with Gasteiger partial charge in [-0.2, -0.15) is 0 Å². The molecule has 0 unspecified atom stereocenters. The van der Waals surface area contributed by atoms with E-state index in [1.807, 2.05) is 0 Å². The first-order valence-corrected chi connectivity index (χ1v) is 5.14. The zero-order valence-corrected chi connectivity index (χ0v) is 9.40. The second-order valence-corrected chi connectivity index (χ2v) is 3.66. The molecule has 0 aromatic carbocycles. The second kappa shape index (κ2) is 4.65. The summed E-state index contributed by atoms with van der Waals surface area (Å²) in [5, 5.41) is 2.76. The number of aromatic amines is 1. The lowest BCUT2D eigenvalue weighted by atomic mass is 10.2. The van der Waals surface area contributed by atoms with Gasteiger partial charge in [0.1, 0.15) is 0 Å². The molecule has 0 saturated carbocycles. The Hall–Kier alpha value is -2.37. The van der Waals surface area contributed by atoms with Crippen LogP contribution in [0.4, 0.5) is 5.69 Å². The number of nitrogens with two attached hydrogens (primary N) is 1. The Balaban J connectivity index is 2.07. The monoisotopic (exact) mass is 231 g/mol. The van der Waals surface area contributed by atoms with Crippen molar-refractivity contribution in [3.8, 4) is 0 Å². The van der Waals surface area contributed by atoms with Gasteiger partial charge in [0.15, 0.2) is 0 Å². The van der Waals surface area contributed by atoms with Gasteiger partial charge < -0.3 is 16.0 Å². The number of hydrogen-bond donors (Lipinski definition) is 3. The van der Waals surface area contributed by atoms with E-state index >= 15 is 0 Å². The summed E-state index contributed by atoms with van der Waals surface area (Å²) < 4.78 is 0. The molecule has 17 heavy (non-hydrogen) atoms. The molecule has 0 fully saturated rings. The Kier molecular flexibility index (Phi) is 3.04. The van der Waals surface area contributed by atoms with E-state index < -0.39 is 0 Å². The van der Waals surface area contributed by atoms with E-state index in [1.165, 1.54) is 6.20 Å². The molecular weight excluding hydrogens is 218 g/mol. The van der Waals surface area contributed by atoms with Crippen LogP contribution in [0.25, 0.3) is 0 Å². The van der Waals surface area contributed by atoms with Crippen LogP contribution in [0.2, 0.25) is 0 Å². The number of carbonyl (C=O) groups is 1. The molecule has 0 spiro atoms. The minimum Gasteiger partial charge on any atom is -0.397 e. The van der Waals surface area contributed by atoms with Gasteiger partial charge in [0.2, 0.25) is 0 Å². The number of nitrogen functional groups attached to an aromatic ring is 1. The zero-order valence-electron chi connectivity index (χ0n) is 9.40. The van der Waals surface area contributed by atoms with Crippen molar-refractivity contribution in [1.29, 1.82) is 0 Å². The SMILES string of the molecule is Cc1ncc(N)cc1C(=O)NCc1cnc[nH]1. The van der Waals surface area contributed by atoms with Crippen LogP contribution in [0.5, 0.6) is 0 Å². The number of amides is 1. The summed E-state index contributed by atoms with van der Waals surface area (Å²) in [6.07, 6.45) is 4.75. The van der Waals surface area contributed by atoms with Gasteiger partial charge >= 0.3 is 0 Å². The molecule has 0 aliphatic carbocycles. The molecule has 0 atom stereocenters.